The molecule has 0 saturated carbocycles. The number of hydrogen-bond acceptors (Lipinski definition) is 3. The third-order valence-electron chi connectivity index (χ3n) is 2.38. The Bertz CT molecular complexity index is 398. The molecule has 1 aromatic carbocycles. The Kier molecular flexibility index (Phi) is 6.15. The van der Waals surface area contributed by atoms with Gasteiger partial charge in [0.15, 0.2) is 0 Å². The zero-order valence-corrected chi connectivity index (χ0v) is 11.5. The number of hydrogen-bond donors (Lipinski definition) is 2. The molecule has 1 aromatic rings. The van der Waals surface area contributed by atoms with Crippen LogP contribution in [0.15, 0.2) is 29.2 Å². The molecule has 0 saturated heterocycles. The number of halogens is 1. The number of nitrogens with one attached hydrogen (secondary N) is 1. The van der Waals surface area contributed by atoms with Gasteiger partial charge in [-0.2, -0.15) is 0 Å². The first-order valence-electron chi connectivity index (χ1n) is 5.93. The van der Waals surface area contributed by atoms with Gasteiger partial charge in [-0.15, -0.1) is 11.8 Å². The SMILES string of the molecule is CC(C)NC(CCSc1ccccc1F)C(N)=O. The summed E-state index contributed by atoms with van der Waals surface area (Å²) in [5.74, 6) is 0.0571. The Labute approximate surface area is 111 Å². The Morgan fingerprint density at radius 1 is 1.44 bits per heavy atom. The van der Waals surface area contributed by atoms with E-state index in [1.807, 2.05) is 13.8 Å². The average molecular weight is 270 g/mol. The maximum absolute atomic E-state index is 13.4. The third kappa shape index (κ3) is 5.06. The quantitative estimate of drug-likeness (QED) is 0.747. The number of benzene rings is 1. The first-order valence-corrected chi connectivity index (χ1v) is 6.92. The van der Waals surface area contributed by atoms with Gasteiger partial charge in [-0.1, -0.05) is 26.0 Å². The topological polar surface area (TPSA) is 55.1 Å². The van der Waals surface area contributed by atoms with Crippen LogP contribution >= 0.6 is 11.8 Å². The van der Waals surface area contributed by atoms with Gasteiger partial charge in [0.1, 0.15) is 5.82 Å². The highest BCUT2D eigenvalue weighted by molar-refractivity contribution is 7.99. The summed E-state index contributed by atoms with van der Waals surface area (Å²) >= 11 is 1.40. The second-order valence-electron chi connectivity index (χ2n) is 4.34. The average Bonchev–Trinajstić information content (AvgIpc) is 2.29. The summed E-state index contributed by atoms with van der Waals surface area (Å²) in [7, 11) is 0. The minimum absolute atomic E-state index is 0.195. The van der Waals surface area contributed by atoms with Crippen LogP contribution in [-0.2, 0) is 4.79 Å². The number of carbonyl (C=O) groups is 1. The number of amides is 1. The van der Waals surface area contributed by atoms with Gasteiger partial charge in [-0.3, -0.25) is 4.79 Å². The van der Waals surface area contributed by atoms with Gasteiger partial charge in [0.05, 0.1) is 6.04 Å². The summed E-state index contributed by atoms with van der Waals surface area (Å²) in [6.07, 6.45) is 0.590. The summed E-state index contributed by atoms with van der Waals surface area (Å²) in [6, 6.07) is 6.45. The van der Waals surface area contributed by atoms with Crippen molar-refractivity contribution in [1.29, 1.82) is 0 Å². The lowest BCUT2D eigenvalue weighted by Gasteiger charge is -2.17. The van der Waals surface area contributed by atoms with Crippen molar-refractivity contribution < 1.29 is 9.18 Å². The Morgan fingerprint density at radius 3 is 2.67 bits per heavy atom. The van der Waals surface area contributed by atoms with E-state index in [0.29, 0.717) is 17.1 Å². The molecule has 0 heterocycles. The summed E-state index contributed by atoms with van der Waals surface area (Å²) in [6.45, 7) is 3.92. The molecule has 100 valence electrons. The van der Waals surface area contributed by atoms with E-state index in [-0.39, 0.29) is 23.8 Å². The molecule has 1 atom stereocenters. The highest BCUT2D eigenvalue weighted by Crippen LogP contribution is 2.22. The molecule has 18 heavy (non-hydrogen) atoms. The largest absolute Gasteiger partial charge is 0.368 e. The molecule has 0 spiro atoms. The molecule has 5 heteroatoms. The lowest BCUT2D eigenvalue weighted by atomic mass is 10.2. The Balaban J connectivity index is 2.44. The zero-order valence-electron chi connectivity index (χ0n) is 10.7. The van der Waals surface area contributed by atoms with Crippen molar-refractivity contribution in [2.45, 2.75) is 37.2 Å². The molecule has 1 unspecified atom stereocenters. The predicted molar refractivity (Wildman–Crippen MR) is 73.0 cm³/mol. The van der Waals surface area contributed by atoms with Gasteiger partial charge in [0.2, 0.25) is 5.91 Å². The molecule has 0 aliphatic carbocycles. The van der Waals surface area contributed by atoms with Gasteiger partial charge in [0.25, 0.3) is 0 Å². The molecule has 3 nitrogen and oxygen atoms in total. The number of carbonyl (C=O) groups excluding carboxylic acids is 1. The summed E-state index contributed by atoms with van der Waals surface area (Å²) in [5.41, 5.74) is 5.31. The van der Waals surface area contributed by atoms with Crippen molar-refractivity contribution in [2.75, 3.05) is 5.75 Å². The second kappa shape index (κ2) is 7.38. The Hall–Kier alpha value is -1.07. The fraction of sp³-hybridized carbons (Fsp3) is 0.462. The smallest absolute Gasteiger partial charge is 0.234 e. The summed E-state index contributed by atoms with van der Waals surface area (Å²) in [4.78, 5) is 11.8. The van der Waals surface area contributed by atoms with E-state index in [2.05, 4.69) is 5.32 Å². The fourth-order valence-electron chi connectivity index (χ4n) is 1.56. The fourth-order valence-corrected chi connectivity index (χ4v) is 2.51. The van der Waals surface area contributed by atoms with Gasteiger partial charge in [0, 0.05) is 16.7 Å². The maximum Gasteiger partial charge on any atom is 0.234 e. The lowest BCUT2D eigenvalue weighted by molar-refractivity contribution is -0.120. The molecule has 0 radical (unpaired) electrons. The first-order chi connectivity index (χ1) is 8.50. The maximum atomic E-state index is 13.4. The van der Waals surface area contributed by atoms with Crippen LogP contribution in [0.1, 0.15) is 20.3 Å². The van der Waals surface area contributed by atoms with Crippen molar-refractivity contribution >= 4 is 17.7 Å². The lowest BCUT2D eigenvalue weighted by Crippen LogP contribution is -2.44. The van der Waals surface area contributed by atoms with Crippen molar-refractivity contribution in [3.63, 3.8) is 0 Å². The molecule has 0 aromatic heterocycles. The van der Waals surface area contributed by atoms with Gasteiger partial charge < -0.3 is 11.1 Å². The normalized spacial score (nSPS) is 12.7. The molecular formula is C13H19FN2OS. The highest BCUT2D eigenvalue weighted by atomic mass is 32.2. The van der Waals surface area contributed by atoms with Crippen LogP contribution in [0.4, 0.5) is 4.39 Å². The molecule has 0 aliphatic rings. The van der Waals surface area contributed by atoms with Crippen LogP contribution in [0.5, 0.6) is 0 Å². The molecule has 0 fully saturated rings. The molecule has 1 rings (SSSR count). The van der Waals surface area contributed by atoms with E-state index < -0.39 is 0 Å². The second-order valence-corrected chi connectivity index (χ2v) is 5.48. The van der Waals surface area contributed by atoms with Gasteiger partial charge in [-0.05, 0) is 18.6 Å². The van der Waals surface area contributed by atoms with E-state index in [9.17, 15) is 9.18 Å². The van der Waals surface area contributed by atoms with Crippen LogP contribution in [0, 0.1) is 5.82 Å². The highest BCUT2D eigenvalue weighted by Gasteiger charge is 2.15. The van der Waals surface area contributed by atoms with Crippen LogP contribution in [0.2, 0.25) is 0 Å². The third-order valence-corrected chi connectivity index (χ3v) is 3.46. The van der Waals surface area contributed by atoms with Crippen molar-refractivity contribution in [3.8, 4) is 0 Å². The number of thioether (sulfide) groups is 1. The van der Waals surface area contributed by atoms with Crippen molar-refractivity contribution in [3.05, 3.63) is 30.1 Å². The van der Waals surface area contributed by atoms with Crippen LogP contribution < -0.4 is 11.1 Å². The number of nitrogens with two attached hydrogens (primary N) is 1. The molecule has 0 aliphatic heterocycles. The monoisotopic (exact) mass is 270 g/mol. The van der Waals surface area contributed by atoms with E-state index >= 15 is 0 Å². The van der Waals surface area contributed by atoms with E-state index in [1.54, 1.807) is 18.2 Å². The van der Waals surface area contributed by atoms with E-state index in [4.69, 9.17) is 5.73 Å². The number of rotatable bonds is 7. The van der Waals surface area contributed by atoms with E-state index in [0.717, 1.165) is 0 Å². The number of primary amides is 1. The standard InChI is InChI=1S/C13H19FN2OS/c1-9(2)16-11(13(15)17)7-8-18-12-6-4-3-5-10(12)14/h3-6,9,11,16H,7-8H2,1-2H3,(H2,15,17). The minimum atomic E-state index is -0.363. The van der Waals surface area contributed by atoms with Crippen molar-refractivity contribution in [2.24, 2.45) is 5.73 Å². The van der Waals surface area contributed by atoms with Gasteiger partial charge >= 0.3 is 0 Å². The Morgan fingerprint density at radius 2 is 2.11 bits per heavy atom. The summed E-state index contributed by atoms with van der Waals surface area (Å²) < 4.78 is 13.4. The summed E-state index contributed by atoms with van der Waals surface area (Å²) in [5, 5.41) is 3.10. The predicted octanol–water partition coefficient (Wildman–Crippen LogP) is 2.16. The van der Waals surface area contributed by atoms with Crippen LogP contribution in [0.3, 0.4) is 0 Å². The van der Waals surface area contributed by atoms with E-state index in [1.165, 1.54) is 17.8 Å². The molecule has 3 N–H and O–H groups in total. The first kappa shape index (κ1) is 15.0. The van der Waals surface area contributed by atoms with Crippen molar-refractivity contribution in [1.82, 2.24) is 5.32 Å². The minimum Gasteiger partial charge on any atom is -0.368 e. The van der Waals surface area contributed by atoms with Crippen LogP contribution in [0.25, 0.3) is 0 Å². The van der Waals surface area contributed by atoms with Gasteiger partial charge in [-0.25, -0.2) is 4.39 Å². The molecular weight excluding hydrogens is 251 g/mol. The zero-order chi connectivity index (χ0) is 13.5. The molecule has 0 bridgehead atoms. The molecule has 1 amide bonds. The van der Waals surface area contributed by atoms with Crippen LogP contribution in [-0.4, -0.2) is 23.7 Å².